The average molecular weight is 406 g/mol. The summed E-state index contributed by atoms with van der Waals surface area (Å²) in [6.07, 6.45) is 6.75. The fourth-order valence-electron chi connectivity index (χ4n) is 3.50. The zero-order valence-corrected chi connectivity index (χ0v) is 16.3. The summed E-state index contributed by atoms with van der Waals surface area (Å²) in [5, 5.41) is 11.1. The average Bonchev–Trinajstić information content (AvgIpc) is 3.29. The zero-order chi connectivity index (χ0) is 20.4. The molecule has 0 bridgehead atoms. The molecular weight excluding hydrogens is 388 g/mol. The highest BCUT2D eigenvalue weighted by atomic mass is 32.2. The molecule has 3 heterocycles. The first-order valence-corrected chi connectivity index (χ1v) is 10.8. The summed E-state index contributed by atoms with van der Waals surface area (Å²) in [5.74, 6) is -0.276. The van der Waals surface area contributed by atoms with E-state index in [4.69, 9.17) is 5.26 Å². The minimum absolute atomic E-state index is 0.108. The van der Waals surface area contributed by atoms with Crippen LogP contribution in [-0.4, -0.2) is 41.0 Å². The van der Waals surface area contributed by atoms with Crippen LogP contribution in [0.1, 0.15) is 16.7 Å². The summed E-state index contributed by atoms with van der Waals surface area (Å²) in [4.78, 5) is 21.9. The molecule has 7 nitrogen and oxygen atoms in total. The molecule has 1 N–H and O–H groups in total. The van der Waals surface area contributed by atoms with Gasteiger partial charge in [-0.25, -0.2) is 8.42 Å². The van der Waals surface area contributed by atoms with Crippen LogP contribution < -0.4 is 0 Å². The Morgan fingerprint density at radius 3 is 2.76 bits per heavy atom. The van der Waals surface area contributed by atoms with E-state index in [-0.39, 0.29) is 18.1 Å². The quantitative estimate of drug-likeness (QED) is 0.700. The Labute approximate surface area is 168 Å². The number of benzene rings is 1. The van der Waals surface area contributed by atoms with Crippen molar-refractivity contribution in [3.05, 3.63) is 77.1 Å². The zero-order valence-electron chi connectivity index (χ0n) is 15.4. The van der Waals surface area contributed by atoms with Crippen molar-refractivity contribution in [2.75, 3.05) is 5.75 Å². The highest BCUT2D eigenvalue weighted by Gasteiger charge is 2.30. The van der Waals surface area contributed by atoms with E-state index < -0.39 is 15.9 Å². The minimum atomic E-state index is -3.29. The van der Waals surface area contributed by atoms with E-state index in [1.807, 2.05) is 18.2 Å². The van der Waals surface area contributed by atoms with Crippen LogP contribution in [0.3, 0.4) is 0 Å². The summed E-state index contributed by atoms with van der Waals surface area (Å²) in [6.45, 7) is 0.298. The first-order chi connectivity index (χ1) is 13.9. The third-order valence-corrected chi connectivity index (χ3v) is 6.35. The van der Waals surface area contributed by atoms with Crippen LogP contribution in [0.2, 0.25) is 0 Å². The van der Waals surface area contributed by atoms with E-state index in [0.717, 1.165) is 22.0 Å². The third-order valence-electron chi connectivity index (χ3n) is 4.97. The van der Waals surface area contributed by atoms with Crippen molar-refractivity contribution in [2.24, 2.45) is 0 Å². The number of carbonyl (C=O) groups is 1. The summed E-state index contributed by atoms with van der Waals surface area (Å²) in [6, 6.07) is 10.5. The molecule has 4 rings (SSSR count). The van der Waals surface area contributed by atoms with E-state index in [9.17, 15) is 13.2 Å². The van der Waals surface area contributed by atoms with E-state index in [1.165, 1.54) is 5.41 Å². The molecule has 146 valence electrons. The number of rotatable bonds is 5. The van der Waals surface area contributed by atoms with Gasteiger partial charge in [0.2, 0.25) is 5.91 Å². The van der Waals surface area contributed by atoms with Gasteiger partial charge in [-0.15, -0.1) is 0 Å². The van der Waals surface area contributed by atoms with Crippen LogP contribution in [0.15, 0.2) is 60.4 Å². The fourth-order valence-corrected chi connectivity index (χ4v) is 4.79. The van der Waals surface area contributed by atoms with Crippen LogP contribution in [0.5, 0.6) is 0 Å². The maximum absolute atomic E-state index is 13.2. The van der Waals surface area contributed by atoms with Crippen LogP contribution in [-0.2, 0) is 27.6 Å². The number of hydrogen-bond donors (Lipinski definition) is 1. The lowest BCUT2D eigenvalue weighted by atomic mass is 10.1. The fraction of sp³-hybridized carbons (Fsp3) is 0.190. The van der Waals surface area contributed by atoms with Crippen LogP contribution in [0.4, 0.5) is 0 Å². The maximum atomic E-state index is 13.2. The first-order valence-electron chi connectivity index (χ1n) is 9.04. The number of aromatic nitrogens is 2. The summed E-state index contributed by atoms with van der Waals surface area (Å²) in [5.41, 5.74) is 3.01. The van der Waals surface area contributed by atoms with E-state index in [2.05, 4.69) is 16.0 Å². The first kappa shape index (κ1) is 18.9. The molecule has 29 heavy (non-hydrogen) atoms. The second-order valence-electron chi connectivity index (χ2n) is 6.97. The number of nitrogens with zero attached hydrogens (tertiary/aromatic N) is 3. The smallest absolute Gasteiger partial charge is 0.227 e. The molecule has 3 aromatic rings. The second-order valence-corrected chi connectivity index (χ2v) is 8.90. The predicted molar refractivity (Wildman–Crippen MR) is 108 cm³/mol. The Hall–Kier alpha value is -3.44. The van der Waals surface area contributed by atoms with Crippen LogP contribution in [0.25, 0.3) is 10.9 Å². The number of carbonyl (C=O) groups excluding carboxylic acids is 1. The van der Waals surface area contributed by atoms with Gasteiger partial charge in [0.25, 0.3) is 0 Å². The summed E-state index contributed by atoms with van der Waals surface area (Å²) in [7, 11) is -3.29. The standard InChI is InChI=1S/C21H18N4O3S/c22-11-16-1-2-19-17(12-24-20(19)9-16)10-21(26)25(13-15-3-6-23-7-4-15)18-5-8-29(27,28)14-18/h1-9,12,18,24H,10,13-14H2. The molecule has 0 saturated heterocycles. The number of nitrogens with one attached hydrogen (secondary N) is 1. The van der Waals surface area contributed by atoms with Crippen molar-refractivity contribution >= 4 is 26.6 Å². The van der Waals surface area contributed by atoms with E-state index >= 15 is 0 Å². The van der Waals surface area contributed by atoms with Gasteiger partial charge >= 0.3 is 0 Å². The highest BCUT2D eigenvalue weighted by molar-refractivity contribution is 7.94. The van der Waals surface area contributed by atoms with E-state index in [1.54, 1.807) is 41.7 Å². The number of sulfone groups is 1. The molecule has 1 unspecified atom stereocenters. The van der Waals surface area contributed by atoms with Crippen LogP contribution >= 0.6 is 0 Å². The molecule has 1 aliphatic rings. The predicted octanol–water partition coefficient (Wildman–Crippen LogP) is 2.32. The van der Waals surface area contributed by atoms with Crippen molar-refractivity contribution in [3.8, 4) is 6.07 Å². The molecule has 1 aromatic carbocycles. The Kier molecular flexibility index (Phi) is 4.91. The van der Waals surface area contributed by atoms with Gasteiger partial charge in [-0.05, 0) is 41.5 Å². The molecule has 8 heteroatoms. The van der Waals surface area contributed by atoms with Gasteiger partial charge in [-0.2, -0.15) is 5.26 Å². The van der Waals surface area contributed by atoms with Crippen LogP contribution in [0, 0.1) is 11.3 Å². The van der Waals surface area contributed by atoms with Gasteiger partial charge in [0.05, 0.1) is 29.8 Å². The number of pyridine rings is 1. The van der Waals surface area contributed by atoms with Gasteiger partial charge in [0.1, 0.15) is 0 Å². The van der Waals surface area contributed by atoms with Gasteiger partial charge in [0.15, 0.2) is 9.84 Å². The van der Waals surface area contributed by atoms with Gasteiger partial charge < -0.3 is 9.88 Å². The molecule has 0 radical (unpaired) electrons. The van der Waals surface area contributed by atoms with Gasteiger partial charge in [0, 0.05) is 41.4 Å². The molecule has 1 amide bonds. The number of hydrogen-bond acceptors (Lipinski definition) is 5. The number of H-pyrrole nitrogens is 1. The lowest BCUT2D eigenvalue weighted by molar-refractivity contribution is -0.132. The number of amides is 1. The number of nitriles is 1. The molecule has 2 aromatic heterocycles. The molecular formula is C21H18N4O3S. The summed E-state index contributed by atoms with van der Waals surface area (Å²) < 4.78 is 23.8. The molecule has 1 aliphatic heterocycles. The molecule has 0 aliphatic carbocycles. The Bertz CT molecular complexity index is 1240. The highest BCUT2D eigenvalue weighted by Crippen LogP contribution is 2.23. The SMILES string of the molecule is N#Cc1ccc2c(CC(=O)N(Cc3ccncc3)C3C=CS(=O)(=O)C3)c[nH]c2c1. The number of aromatic amines is 1. The molecule has 0 fully saturated rings. The lowest BCUT2D eigenvalue weighted by Crippen LogP contribution is -2.41. The molecule has 0 spiro atoms. The molecule has 0 saturated carbocycles. The van der Waals surface area contributed by atoms with Crippen molar-refractivity contribution in [2.45, 2.75) is 19.0 Å². The Morgan fingerprint density at radius 2 is 2.07 bits per heavy atom. The largest absolute Gasteiger partial charge is 0.361 e. The monoisotopic (exact) mass is 406 g/mol. The van der Waals surface area contributed by atoms with E-state index in [0.29, 0.717) is 12.1 Å². The number of fused-ring (bicyclic) bond motifs is 1. The Balaban J connectivity index is 1.61. The van der Waals surface area contributed by atoms with Crippen molar-refractivity contribution in [3.63, 3.8) is 0 Å². The topological polar surface area (TPSA) is 107 Å². The normalized spacial score (nSPS) is 17.3. The Morgan fingerprint density at radius 1 is 1.28 bits per heavy atom. The van der Waals surface area contributed by atoms with Crippen molar-refractivity contribution < 1.29 is 13.2 Å². The second kappa shape index (κ2) is 7.53. The van der Waals surface area contributed by atoms with Crippen molar-refractivity contribution in [1.29, 1.82) is 5.26 Å². The van der Waals surface area contributed by atoms with Gasteiger partial charge in [-0.3, -0.25) is 9.78 Å². The van der Waals surface area contributed by atoms with Gasteiger partial charge in [-0.1, -0.05) is 6.07 Å². The maximum Gasteiger partial charge on any atom is 0.227 e. The lowest BCUT2D eigenvalue weighted by Gasteiger charge is -2.27. The minimum Gasteiger partial charge on any atom is -0.361 e. The third kappa shape index (κ3) is 4.05. The van der Waals surface area contributed by atoms with Crippen molar-refractivity contribution in [1.82, 2.24) is 14.9 Å². The molecule has 1 atom stereocenters. The summed E-state index contributed by atoms with van der Waals surface area (Å²) >= 11 is 0.